The van der Waals surface area contributed by atoms with E-state index >= 15 is 0 Å². The first kappa shape index (κ1) is 33.8. The summed E-state index contributed by atoms with van der Waals surface area (Å²) < 4.78 is 7.84. The summed E-state index contributed by atoms with van der Waals surface area (Å²) in [7, 11) is 0. The van der Waals surface area contributed by atoms with Crippen molar-refractivity contribution in [2.45, 2.75) is 83.3 Å². The van der Waals surface area contributed by atoms with Gasteiger partial charge in [-0.1, -0.05) is 93.4 Å². The molecule has 2 aromatic heterocycles. The minimum Gasteiger partial charge on any atom is -0.494 e. The maximum absolute atomic E-state index is 13.5. The monoisotopic (exact) mass is 677 g/mol. The van der Waals surface area contributed by atoms with Gasteiger partial charge in [0.1, 0.15) is 16.8 Å². The lowest BCUT2D eigenvalue weighted by Crippen LogP contribution is -2.23. The molecule has 0 bridgehead atoms. The minimum absolute atomic E-state index is 0.157. The van der Waals surface area contributed by atoms with Crippen LogP contribution < -0.4 is 10.1 Å². The molecule has 1 fully saturated rings. The van der Waals surface area contributed by atoms with Gasteiger partial charge in [0.2, 0.25) is 5.91 Å². The van der Waals surface area contributed by atoms with Crippen molar-refractivity contribution in [1.29, 1.82) is 5.26 Å². The molecule has 2 aliphatic rings. The number of hydrogen-bond donors (Lipinski definition) is 1. The van der Waals surface area contributed by atoms with E-state index in [2.05, 4.69) is 96.3 Å². The number of hydrogen-bond acceptors (Lipinski definition) is 7. The van der Waals surface area contributed by atoms with E-state index in [0.717, 1.165) is 56.7 Å². The lowest BCUT2D eigenvalue weighted by Gasteiger charge is -2.31. The van der Waals surface area contributed by atoms with E-state index in [-0.39, 0.29) is 23.1 Å². The maximum Gasteiger partial charge on any atom is 0.235 e. The molecule has 7 nitrogen and oxygen atoms in total. The van der Waals surface area contributed by atoms with Crippen LogP contribution >= 0.6 is 23.1 Å². The van der Waals surface area contributed by atoms with Crippen molar-refractivity contribution in [3.63, 3.8) is 0 Å². The number of benzene rings is 2. The summed E-state index contributed by atoms with van der Waals surface area (Å²) in [5.41, 5.74) is 5.69. The Morgan fingerprint density at radius 1 is 1.17 bits per heavy atom. The van der Waals surface area contributed by atoms with E-state index in [9.17, 15) is 10.1 Å². The molecule has 9 heteroatoms. The number of allylic oxidation sites excluding steroid dienone is 2. The fraction of sp³-hybridized carbons (Fsp3) is 0.385. The molecule has 0 radical (unpaired) electrons. The van der Waals surface area contributed by atoms with E-state index in [0.29, 0.717) is 23.1 Å². The Balaban J connectivity index is 1.21. The van der Waals surface area contributed by atoms with Gasteiger partial charge < -0.3 is 10.1 Å². The van der Waals surface area contributed by atoms with Crippen LogP contribution in [0, 0.1) is 24.2 Å². The molecule has 248 valence electrons. The van der Waals surface area contributed by atoms with Crippen molar-refractivity contribution in [1.82, 2.24) is 14.8 Å². The van der Waals surface area contributed by atoms with Gasteiger partial charge in [0.25, 0.3) is 0 Å². The van der Waals surface area contributed by atoms with E-state index in [1.807, 2.05) is 31.2 Å². The zero-order valence-corrected chi connectivity index (χ0v) is 30.0. The standard InChI is InChI=1S/C39H43N5O2S2/c1-6-46-30-18-16-27(17-19-30)14-15-28-21-31-32(23-40)37(48-35(31)39(4,5)22-28)41-34(45)24-47-38-43-42-36(29-12-9-10-25(2)20-29)44(38)33-13-8-7-11-26(33)3/h9-10,12,14-21,26,33H,6-8,11,13,22,24H2,1-5H3,(H,41,45). The molecule has 6 rings (SSSR count). The van der Waals surface area contributed by atoms with E-state index in [1.54, 1.807) is 0 Å². The van der Waals surface area contributed by atoms with Gasteiger partial charge in [0, 0.05) is 27.5 Å². The number of amides is 1. The minimum atomic E-state index is -0.185. The molecule has 2 aromatic carbocycles. The fourth-order valence-electron chi connectivity index (χ4n) is 6.89. The van der Waals surface area contributed by atoms with Crippen LogP contribution in [0.2, 0.25) is 0 Å². The number of aryl methyl sites for hydroxylation is 1. The molecule has 1 saturated carbocycles. The molecule has 2 unspecified atom stereocenters. The highest BCUT2D eigenvalue weighted by Gasteiger charge is 2.34. The Hall–Kier alpha value is -4.13. The second kappa shape index (κ2) is 14.6. The van der Waals surface area contributed by atoms with Crippen LogP contribution in [0.1, 0.15) is 93.0 Å². The normalized spacial score (nSPS) is 18.6. The Morgan fingerprint density at radius 2 is 1.96 bits per heavy atom. The second-order valence-electron chi connectivity index (χ2n) is 13.5. The average Bonchev–Trinajstić information content (AvgIpc) is 3.65. The first-order valence-electron chi connectivity index (χ1n) is 16.8. The molecule has 1 N–H and O–H groups in total. The van der Waals surface area contributed by atoms with E-state index in [4.69, 9.17) is 4.74 Å². The van der Waals surface area contributed by atoms with Crippen molar-refractivity contribution >= 4 is 46.2 Å². The smallest absolute Gasteiger partial charge is 0.235 e. The van der Waals surface area contributed by atoms with Gasteiger partial charge >= 0.3 is 0 Å². The lowest BCUT2D eigenvalue weighted by atomic mass is 9.77. The first-order chi connectivity index (χ1) is 23.2. The number of nitrogens with zero attached hydrogens (tertiary/aromatic N) is 4. The number of thiophene rings is 1. The number of ether oxygens (including phenoxy) is 1. The number of anilines is 1. The van der Waals surface area contributed by atoms with E-state index in [1.165, 1.54) is 47.9 Å². The van der Waals surface area contributed by atoms with Crippen LogP contribution in [0.4, 0.5) is 5.00 Å². The van der Waals surface area contributed by atoms with Crippen molar-refractivity contribution < 1.29 is 9.53 Å². The quantitative estimate of drug-likeness (QED) is 0.168. The molecule has 0 saturated heterocycles. The number of nitriles is 1. The molecule has 2 heterocycles. The summed E-state index contributed by atoms with van der Waals surface area (Å²) in [6.07, 6.45) is 11.8. The molecular formula is C39H43N5O2S2. The van der Waals surface area contributed by atoms with Crippen LogP contribution in [-0.4, -0.2) is 33.0 Å². The predicted octanol–water partition coefficient (Wildman–Crippen LogP) is 9.85. The number of aromatic nitrogens is 3. The number of thioether (sulfide) groups is 1. The molecule has 0 spiro atoms. The van der Waals surface area contributed by atoms with Gasteiger partial charge in [-0.05, 0) is 74.4 Å². The van der Waals surface area contributed by atoms with Gasteiger partial charge in [-0.25, -0.2) is 0 Å². The first-order valence-corrected chi connectivity index (χ1v) is 18.6. The number of carbonyl (C=O) groups is 1. The number of fused-ring (bicyclic) bond motifs is 1. The van der Waals surface area contributed by atoms with Gasteiger partial charge in [0.15, 0.2) is 11.0 Å². The third-order valence-corrected chi connectivity index (χ3v) is 11.7. The topological polar surface area (TPSA) is 92.8 Å². The molecule has 2 atom stereocenters. The zero-order chi connectivity index (χ0) is 33.8. The molecule has 1 amide bonds. The largest absolute Gasteiger partial charge is 0.494 e. The number of rotatable bonds is 10. The van der Waals surface area contributed by atoms with Gasteiger partial charge in [0.05, 0.1) is 17.9 Å². The highest BCUT2D eigenvalue weighted by atomic mass is 32.2. The number of nitrogens with one attached hydrogen (secondary N) is 1. The molecule has 0 aliphatic heterocycles. The van der Waals surface area contributed by atoms with Crippen molar-refractivity contribution in [3.05, 3.63) is 87.3 Å². The third-order valence-electron chi connectivity index (χ3n) is 9.25. The van der Waals surface area contributed by atoms with Crippen molar-refractivity contribution in [3.8, 4) is 23.2 Å². The average molecular weight is 678 g/mol. The number of carbonyl (C=O) groups excluding carboxylic acids is 1. The molecular weight excluding hydrogens is 635 g/mol. The third kappa shape index (κ3) is 7.30. The van der Waals surface area contributed by atoms with Crippen LogP contribution in [0.15, 0.2) is 65.3 Å². The Kier molecular flexibility index (Phi) is 10.2. The highest BCUT2D eigenvalue weighted by Crippen LogP contribution is 2.48. The van der Waals surface area contributed by atoms with Crippen LogP contribution in [0.25, 0.3) is 23.5 Å². The summed E-state index contributed by atoms with van der Waals surface area (Å²) in [6.45, 7) is 11.4. The molecule has 4 aromatic rings. The lowest BCUT2D eigenvalue weighted by molar-refractivity contribution is -0.113. The predicted molar refractivity (Wildman–Crippen MR) is 198 cm³/mol. The zero-order valence-electron chi connectivity index (χ0n) is 28.4. The second-order valence-corrected chi connectivity index (χ2v) is 15.5. The maximum atomic E-state index is 13.5. The summed E-state index contributed by atoms with van der Waals surface area (Å²) in [5.74, 6) is 2.24. The molecule has 2 aliphatic carbocycles. The van der Waals surface area contributed by atoms with Crippen molar-refractivity contribution in [2.24, 2.45) is 5.92 Å². The van der Waals surface area contributed by atoms with Crippen LogP contribution in [0.3, 0.4) is 0 Å². The SMILES string of the molecule is CCOc1ccc(C=CC2=Cc3c(sc(NC(=O)CSc4nnc(-c5cccc(C)c5)n4C4CCCCC4C)c3C#N)C(C)(C)C2)cc1. The summed E-state index contributed by atoms with van der Waals surface area (Å²) in [4.78, 5) is 14.6. The Bertz CT molecular complexity index is 1890. The van der Waals surface area contributed by atoms with Gasteiger partial charge in [-0.2, -0.15) is 5.26 Å². The summed E-state index contributed by atoms with van der Waals surface area (Å²) in [5, 5.41) is 24.0. The summed E-state index contributed by atoms with van der Waals surface area (Å²) >= 11 is 2.93. The summed E-state index contributed by atoms with van der Waals surface area (Å²) in [6, 6.07) is 19.1. The Labute approximate surface area is 292 Å². The van der Waals surface area contributed by atoms with Gasteiger partial charge in [-0.15, -0.1) is 21.5 Å². The van der Waals surface area contributed by atoms with E-state index < -0.39 is 0 Å². The molecule has 48 heavy (non-hydrogen) atoms. The Morgan fingerprint density at radius 3 is 2.69 bits per heavy atom. The highest BCUT2D eigenvalue weighted by molar-refractivity contribution is 7.99. The van der Waals surface area contributed by atoms with Crippen LogP contribution in [-0.2, 0) is 10.2 Å². The van der Waals surface area contributed by atoms with Crippen LogP contribution in [0.5, 0.6) is 5.75 Å². The van der Waals surface area contributed by atoms with Crippen molar-refractivity contribution in [2.75, 3.05) is 17.7 Å². The van der Waals surface area contributed by atoms with Gasteiger partial charge in [-0.3, -0.25) is 9.36 Å². The fourth-order valence-corrected chi connectivity index (χ4v) is 8.93.